The lowest BCUT2D eigenvalue weighted by Gasteiger charge is -2.36. The quantitative estimate of drug-likeness (QED) is 0.246. The lowest BCUT2D eigenvalue weighted by Crippen LogP contribution is -2.32. The number of rotatable bonds is 4. The highest BCUT2D eigenvalue weighted by Gasteiger charge is 2.51. The summed E-state index contributed by atoms with van der Waals surface area (Å²) in [6.45, 7) is 0. The molecule has 0 amide bonds. The molecule has 0 fully saturated rings. The molecule has 0 bridgehead atoms. The monoisotopic (exact) mass is 518 g/mol. The number of ether oxygens (including phenoxy) is 2. The number of aromatic hydroxyl groups is 2. The van der Waals surface area contributed by atoms with Gasteiger partial charge in [0.1, 0.15) is 23.0 Å². The van der Waals surface area contributed by atoms with Gasteiger partial charge in [-0.1, -0.05) is 60.7 Å². The maximum atomic E-state index is 13.5. The Balaban J connectivity index is 1.97. The van der Waals surface area contributed by atoms with Crippen LogP contribution in [0.3, 0.4) is 0 Å². The Morgan fingerprint density at radius 3 is 1.27 bits per heavy atom. The number of alkyl halides is 6. The summed E-state index contributed by atoms with van der Waals surface area (Å²) < 4.78 is 89.6. The van der Waals surface area contributed by atoms with Crippen molar-refractivity contribution in [2.24, 2.45) is 0 Å². The molecule has 10 heteroatoms. The molecule has 2 N–H and O–H groups in total. The van der Waals surface area contributed by atoms with Gasteiger partial charge in [-0.05, 0) is 34.4 Å². The molecular formula is C27H16F6O4. The molecule has 0 spiro atoms. The molecule has 4 aromatic carbocycles. The van der Waals surface area contributed by atoms with Gasteiger partial charge in [0.05, 0.1) is 5.41 Å². The van der Waals surface area contributed by atoms with Crippen LogP contribution < -0.4 is 9.47 Å². The van der Waals surface area contributed by atoms with E-state index in [1.807, 2.05) is 0 Å². The number of hydrogen-bond donors (Lipinski definition) is 2. The van der Waals surface area contributed by atoms with E-state index in [9.17, 15) is 36.6 Å². The first-order valence-corrected chi connectivity index (χ1v) is 10.8. The zero-order valence-corrected chi connectivity index (χ0v) is 18.6. The second kappa shape index (κ2) is 8.36. The van der Waals surface area contributed by atoms with Crippen LogP contribution in [0.15, 0.2) is 84.9 Å². The second-order valence-corrected chi connectivity index (χ2v) is 8.30. The third-order valence-corrected chi connectivity index (χ3v) is 6.14. The van der Waals surface area contributed by atoms with Crippen molar-refractivity contribution in [3.05, 3.63) is 107 Å². The summed E-state index contributed by atoms with van der Waals surface area (Å²) in [6, 6.07) is 19.2. The van der Waals surface area contributed by atoms with Crippen molar-refractivity contribution in [3.63, 3.8) is 0 Å². The summed E-state index contributed by atoms with van der Waals surface area (Å²) in [4.78, 5) is 0. The average molecular weight is 518 g/mol. The summed E-state index contributed by atoms with van der Waals surface area (Å²) in [6.07, 6.45) is -10.4. The van der Waals surface area contributed by atoms with Crippen LogP contribution in [-0.4, -0.2) is 22.9 Å². The van der Waals surface area contributed by atoms with E-state index in [-0.39, 0.29) is 11.1 Å². The summed E-state index contributed by atoms with van der Waals surface area (Å²) >= 11 is 0. The van der Waals surface area contributed by atoms with E-state index in [4.69, 9.17) is 0 Å². The van der Waals surface area contributed by atoms with Gasteiger partial charge >= 0.3 is 12.7 Å². The minimum atomic E-state index is -5.18. The lowest BCUT2D eigenvalue weighted by atomic mass is 9.67. The molecule has 0 radical (unpaired) electrons. The first kappa shape index (κ1) is 24.4. The molecule has 0 unspecified atom stereocenters. The number of fused-ring (bicyclic) bond motifs is 3. The maximum absolute atomic E-state index is 13.5. The zero-order valence-electron chi connectivity index (χ0n) is 18.6. The van der Waals surface area contributed by atoms with E-state index in [1.165, 1.54) is 12.1 Å². The lowest BCUT2D eigenvalue weighted by molar-refractivity contribution is -0.275. The molecule has 1 aliphatic carbocycles. The van der Waals surface area contributed by atoms with Crippen LogP contribution in [0.25, 0.3) is 11.1 Å². The molecule has 4 nitrogen and oxygen atoms in total. The SMILES string of the molecule is Oc1ccc(C2(c3ccc(O)cc3OC(F)(F)F)c3ccccc3-c3ccccc32)c(OC(F)(F)F)c1. The van der Waals surface area contributed by atoms with Gasteiger partial charge in [-0.2, -0.15) is 0 Å². The number of benzene rings is 4. The first-order chi connectivity index (χ1) is 17.4. The number of phenols is 2. The third-order valence-electron chi connectivity index (χ3n) is 6.14. The van der Waals surface area contributed by atoms with Crippen LogP contribution in [0.4, 0.5) is 26.3 Å². The van der Waals surface area contributed by atoms with Crippen LogP contribution in [0, 0.1) is 0 Å². The molecular weight excluding hydrogens is 502 g/mol. The smallest absolute Gasteiger partial charge is 0.508 e. The summed E-state index contributed by atoms with van der Waals surface area (Å²) in [5.41, 5.74) is -0.380. The van der Waals surface area contributed by atoms with Crippen LogP contribution in [0.5, 0.6) is 23.0 Å². The standard InChI is InChI=1S/C27H16F6O4/c28-26(29,30)36-23-13-15(34)9-11-21(23)25(22-12-10-16(35)14-24(22)37-27(31,32)33)19-7-3-1-5-17(19)18-6-2-4-8-20(18)25/h1-14,34-35H. The molecule has 1 aliphatic rings. The molecule has 0 saturated heterocycles. The van der Waals surface area contributed by atoms with E-state index >= 15 is 0 Å². The van der Waals surface area contributed by atoms with Crippen molar-refractivity contribution >= 4 is 0 Å². The van der Waals surface area contributed by atoms with E-state index in [0.717, 1.165) is 24.3 Å². The third kappa shape index (κ3) is 4.18. The van der Waals surface area contributed by atoms with Gasteiger partial charge in [0.25, 0.3) is 0 Å². The van der Waals surface area contributed by atoms with Crippen molar-refractivity contribution in [1.82, 2.24) is 0 Å². The second-order valence-electron chi connectivity index (χ2n) is 8.30. The first-order valence-electron chi connectivity index (χ1n) is 10.8. The molecule has 0 atom stereocenters. The van der Waals surface area contributed by atoms with Crippen LogP contribution in [0.2, 0.25) is 0 Å². The molecule has 190 valence electrons. The van der Waals surface area contributed by atoms with Crippen LogP contribution in [-0.2, 0) is 5.41 Å². The molecule has 4 aromatic rings. The van der Waals surface area contributed by atoms with E-state index in [1.54, 1.807) is 48.5 Å². The Bertz CT molecular complexity index is 1380. The minimum absolute atomic E-state index is 0.197. The largest absolute Gasteiger partial charge is 0.573 e. The summed E-state index contributed by atoms with van der Waals surface area (Å²) in [5, 5.41) is 20.0. The molecule has 0 saturated carbocycles. The Morgan fingerprint density at radius 2 is 0.892 bits per heavy atom. The maximum Gasteiger partial charge on any atom is 0.573 e. The highest BCUT2D eigenvalue weighted by atomic mass is 19.4. The van der Waals surface area contributed by atoms with Crippen molar-refractivity contribution in [3.8, 4) is 34.1 Å². The van der Waals surface area contributed by atoms with Crippen molar-refractivity contribution < 1.29 is 46.0 Å². The summed E-state index contributed by atoms with van der Waals surface area (Å²) in [7, 11) is 0. The Hall–Kier alpha value is -4.34. The Kier molecular flexibility index (Phi) is 5.50. The molecule has 5 rings (SSSR count). The Morgan fingerprint density at radius 1 is 0.514 bits per heavy atom. The topological polar surface area (TPSA) is 58.9 Å². The van der Waals surface area contributed by atoms with Gasteiger partial charge in [0.15, 0.2) is 0 Å². The van der Waals surface area contributed by atoms with Gasteiger partial charge < -0.3 is 19.7 Å². The van der Waals surface area contributed by atoms with Gasteiger partial charge in [0.2, 0.25) is 0 Å². The van der Waals surface area contributed by atoms with Crippen molar-refractivity contribution in [2.45, 2.75) is 18.1 Å². The van der Waals surface area contributed by atoms with Crippen molar-refractivity contribution in [1.29, 1.82) is 0 Å². The number of phenolic OH excluding ortho intramolecular Hbond substituents is 2. The fourth-order valence-electron chi connectivity index (χ4n) is 5.02. The Labute approximate surface area is 206 Å². The van der Waals surface area contributed by atoms with Gasteiger partial charge in [-0.15, -0.1) is 26.3 Å². The highest BCUT2D eigenvalue weighted by molar-refractivity contribution is 5.87. The summed E-state index contributed by atoms with van der Waals surface area (Å²) in [5.74, 6) is -2.72. The minimum Gasteiger partial charge on any atom is -0.508 e. The fraction of sp³-hybridized carbons (Fsp3) is 0.111. The van der Waals surface area contributed by atoms with Crippen LogP contribution >= 0.6 is 0 Å². The molecule has 0 aromatic heterocycles. The number of halogens is 6. The van der Waals surface area contributed by atoms with E-state index in [2.05, 4.69) is 9.47 Å². The molecule has 0 heterocycles. The van der Waals surface area contributed by atoms with E-state index < -0.39 is 41.1 Å². The predicted molar refractivity (Wildman–Crippen MR) is 120 cm³/mol. The number of hydrogen-bond acceptors (Lipinski definition) is 4. The fourth-order valence-corrected chi connectivity index (χ4v) is 5.02. The van der Waals surface area contributed by atoms with Gasteiger partial charge in [-0.3, -0.25) is 0 Å². The van der Waals surface area contributed by atoms with E-state index in [0.29, 0.717) is 22.3 Å². The van der Waals surface area contributed by atoms with Crippen LogP contribution in [0.1, 0.15) is 22.3 Å². The zero-order chi connectivity index (χ0) is 26.6. The van der Waals surface area contributed by atoms with Gasteiger partial charge in [-0.25, -0.2) is 0 Å². The molecule has 0 aliphatic heterocycles. The predicted octanol–water partition coefficient (Wildman–Crippen LogP) is 7.26. The van der Waals surface area contributed by atoms with Gasteiger partial charge in [0, 0.05) is 23.3 Å². The average Bonchev–Trinajstić information content (AvgIpc) is 3.09. The van der Waals surface area contributed by atoms with Crippen molar-refractivity contribution in [2.75, 3.05) is 0 Å². The molecule has 37 heavy (non-hydrogen) atoms. The normalized spacial score (nSPS) is 14.1. The highest BCUT2D eigenvalue weighted by Crippen LogP contribution is 2.60.